The van der Waals surface area contributed by atoms with Gasteiger partial charge in [-0.3, -0.25) is 4.79 Å². The number of hydrogen-bond donors (Lipinski definition) is 2. The highest BCUT2D eigenvalue weighted by atomic mass is 79.9. The van der Waals surface area contributed by atoms with Crippen LogP contribution in [-0.4, -0.2) is 42.5 Å². The zero-order chi connectivity index (χ0) is 19.2. The lowest BCUT2D eigenvalue weighted by Gasteiger charge is -2.32. The first-order valence-corrected chi connectivity index (χ1v) is 10.8. The first-order chi connectivity index (χ1) is 13.0. The largest absolute Gasteiger partial charge is 0.349 e. The number of urea groups is 1. The molecular formula is C20H24BrN3O2S. The predicted octanol–water partition coefficient (Wildman–Crippen LogP) is 3.97. The number of nitrogens with zero attached hydrogens (tertiary/aromatic N) is 1. The lowest BCUT2D eigenvalue weighted by atomic mass is 10.0. The van der Waals surface area contributed by atoms with Gasteiger partial charge in [-0.25, -0.2) is 4.79 Å². The normalized spacial score (nSPS) is 14.8. The Morgan fingerprint density at radius 3 is 2.59 bits per heavy atom. The number of rotatable bonds is 5. The lowest BCUT2D eigenvalue weighted by Crippen LogP contribution is -2.49. The van der Waals surface area contributed by atoms with E-state index in [-0.39, 0.29) is 18.0 Å². The molecule has 0 unspecified atom stereocenters. The molecule has 1 saturated heterocycles. The van der Waals surface area contributed by atoms with E-state index < -0.39 is 0 Å². The Labute approximate surface area is 172 Å². The van der Waals surface area contributed by atoms with E-state index in [1.807, 2.05) is 42.2 Å². The van der Waals surface area contributed by atoms with Crippen LogP contribution in [0.1, 0.15) is 33.6 Å². The molecular weight excluding hydrogens is 426 g/mol. The molecule has 3 rings (SSSR count). The number of likely N-dealkylation sites (tertiary alicyclic amines) is 1. The van der Waals surface area contributed by atoms with Crippen molar-refractivity contribution in [1.29, 1.82) is 0 Å². The van der Waals surface area contributed by atoms with E-state index >= 15 is 0 Å². The van der Waals surface area contributed by atoms with Crippen molar-refractivity contribution in [3.63, 3.8) is 0 Å². The molecule has 3 amide bonds. The average molecular weight is 450 g/mol. The number of carbonyl (C=O) groups excluding carboxylic acids is 2. The maximum atomic E-state index is 12.4. The SMILES string of the molecule is Cc1ccccc1C(=O)NC1CCN(C(=O)NCCc2ccc(Br)s2)CC1. The molecule has 1 fully saturated rings. The second-order valence-electron chi connectivity index (χ2n) is 6.74. The number of aryl methyl sites for hydroxylation is 1. The number of nitrogens with one attached hydrogen (secondary N) is 2. The summed E-state index contributed by atoms with van der Waals surface area (Å²) in [6.07, 6.45) is 2.40. The van der Waals surface area contributed by atoms with Crippen molar-refractivity contribution in [2.45, 2.75) is 32.2 Å². The fraction of sp³-hybridized carbons (Fsp3) is 0.400. The Balaban J connectivity index is 1.39. The van der Waals surface area contributed by atoms with Crippen LogP contribution >= 0.6 is 27.3 Å². The smallest absolute Gasteiger partial charge is 0.317 e. The Kier molecular flexibility index (Phi) is 6.90. The van der Waals surface area contributed by atoms with Crippen molar-refractivity contribution in [1.82, 2.24) is 15.5 Å². The zero-order valence-electron chi connectivity index (χ0n) is 15.3. The summed E-state index contributed by atoms with van der Waals surface area (Å²) in [5, 5.41) is 6.09. The van der Waals surface area contributed by atoms with Gasteiger partial charge < -0.3 is 15.5 Å². The minimum absolute atomic E-state index is 0.0192. The van der Waals surface area contributed by atoms with E-state index in [1.165, 1.54) is 4.88 Å². The third-order valence-electron chi connectivity index (χ3n) is 4.78. The van der Waals surface area contributed by atoms with Crippen LogP contribution in [0.2, 0.25) is 0 Å². The van der Waals surface area contributed by atoms with Gasteiger partial charge in [-0.05, 0) is 65.9 Å². The highest BCUT2D eigenvalue weighted by Gasteiger charge is 2.24. The van der Waals surface area contributed by atoms with Gasteiger partial charge in [0.15, 0.2) is 0 Å². The van der Waals surface area contributed by atoms with Gasteiger partial charge in [-0.1, -0.05) is 18.2 Å². The minimum Gasteiger partial charge on any atom is -0.349 e. The molecule has 2 aromatic rings. The van der Waals surface area contributed by atoms with Crippen LogP contribution < -0.4 is 10.6 Å². The van der Waals surface area contributed by atoms with Crippen LogP contribution in [-0.2, 0) is 6.42 Å². The van der Waals surface area contributed by atoms with E-state index in [0.717, 1.165) is 34.2 Å². The second kappa shape index (κ2) is 9.37. The zero-order valence-corrected chi connectivity index (χ0v) is 17.7. The molecule has 144 valence electrons. The van der Waals surface area contributed by atoms with Gasteiger partial charge in [0, 0.05) is 36.1 Å². The molecule has 1 aromatic carbocycles. The first-order valence-electron chi connectivity index (χ1n) is 9.16. The summed E-state index contributed by atoms with van der Waals surface area (Å²) in [5.41, 5.74) is 1.70. The summed E-state index contributed by atoms with van der Waals surface area (Å²) in [5.74, 6) is -0.0295. The molecule has 2 N–H and O–H groups in total. The third kappa shape index (κ3) is 5.56. The topological polar surface area (TPSA) is 61.4 Å². The van der Waals surface area contributed by atoms with Crippen molar-refractivity contribution in [3.05, 3.63) is 56.2 Å². The molecule has 1 aromatic heterocycles. The quantitative estimate of drug-likeness (QED) is 0.725. The van der Waals surface area contributed by atoms with Gasteiger partial charge in [-0.15, -0.1) is 11.3 Å². The molecule has 0 spiro atoms. The number of piperidine rings is 1. The van der Waals surface area contributed by atoms with Crippen LogP contribution in [0.4, 0.5) is 4.79 Å². The molecule has 1 aliphatic heterocycles. The number of benzene rings is 1. The molecule has 0 aliphatic carbocycles. The van der Waals surface area contributed by atoms with Crippen LogP contribution in [0, 0.1) is 6.92 Å². The fourth-order valence-corrected chi connectivity index (χ4v) is 4.69. The Morgan fingerprint density at radius 2 is 1.93 bits per heavy atom. The van der Waals surface area contributed by atoms with Gasteiger partial charge in [0.2, 0.25) is 0 Å². The van der Waals surface area contributed by atoms with Crippen molar-refractivity contribution in [3.8, 4) is 0 Å². The highest BCUT2D eigenvalue weighted by Crippen LogP contribution is 2.22. The van der Waals surface area contributed by atoms with Gasteiger partial charge >= 0.3 is 6.03 Å². The number of carbonyl (C=O) groups is 2. The second-order valence-corrected chi connectivity index (χ2v) is 9.29. The predicted molar refractivity (Wildman–Crippen MR) is 112 cm³/mol. The van der Waals surface area contributed by atoms with Crippen LogP contribution in [0.5, 0.6) is 0 Å². The third-order valence-corrected chi connectivity index (χ3v) is 6.47. The Morgan fingerprint density at radius 1 is 1.19 bits per heavy atom. The standard InChI is InChI=1S/C20H24BrN3O2S/c1-14-4-2-3-5-17(14)19(25)23-15-9-12-24(13-10-15)20(26)22-11-8-16-6-7-18(21)27-16/h2-7,15H,8-13H2,1H3,(H,22,26)(H,23,25). The van der Waals surface area contributed by atoms with Gasteiger partial charge in [-0.2, -0.15) is 0 Å². The maximum absolute atomic E-state index is 12.4. The van der Waals surface area contributed by atoms with E-state index in [4.69, 9.17) is 0 Å². The molecule has 7 heteroatoms. The van der Waals surface area contributed by atoms with Crippen LogP contribution in [0.15, 0.2) is 40.2 Å². The molecule has 0 radical (unpaired) electrons. The van der Waals surface area contributed by atoms with E-state index in [1.54, 1.807) is 11.3 Å². The van der Waals surface area contributed by atoms with Crippen molar-refractivity contribution >= 4 is 39.2 Å². The molecule has 5 nitrogen and oxygen atoms in total. The Bertz CT molecular complexity index is 800. The number of hydrogen-bond acceptors (Lipinski definition) is 3. The first kappa shape index (κ1) is 19.9. The van der Waals surface area contributed by atoms with Crippen LogP contribution in [0.3, 0.4) is 0 Å². The lowest BCUT2D eigenvalue weighted by molar-refractivity contribution is 0.0917. The monoisotopic (exact) mass is 449 g/mol. The number of amides is 3. The van der Waals surface area contributed by atoms with Crippen molar-refractivity contribution < 1.29 is 9.59 Å². The number of halogens is 1. The summed E-state index contributed by atoms with van der Waals surface area (Å²) in [7, 11) is 0. The average Bonchev–Trinajstić information content (AvgIpc) is 3.07. The summed E-state index contributed by atoms with van der Waals surface area (Å²) in [6.45, 7) is 3.90. The van der Waals surface area contributed by atoms with Gasteiger partial charge in [0.1, 0.15) is 0 Å². The van der Waals surface area contributed by atoms with Crippen molar-refractivity contribution in [2.75, 3.05) is 19.6 Å². The molecule has 1 aliphatic rings. The summed E-state index contributed by atoms with van der Waals surface area (Å²) in [6, 6.07) is 11.8. The van der Waals surface area contributed by atoms with Gasteiger partial charge in [0.25, 0.3) is 5.91 Å². The Hall–Kier alpha value is -1.86. The highest BCUT2D eigenvalue weighted by molar-refractivity contribution is 9.11. The summed E-state index contributed by atoms with van der Waals surface area (Å²) >= 11 is 5.14. The summed E-state index contributed by atoms with van der Waals surface area (Å²) in [4.78, 5) is 27.8. The summed E-state index contributed by atoms with van der Waals surface area (Å²) < 4.78 is 1.11. The maximum Gasteiger partial charge on any atom is 0.317 e. The molecule has 2 heterocycles. The molecule has 0 atom stereocenters. The van der Waals surface area contributed by atoms with E-state index in [2.05, 4.69) is 32.6 Å². The van der Waals surface area contributed by atoms with E-state index in [0.29, 0.717) is 19.6 Å². The fourth-order valence-electron chi connectivity index (χ4n) is 3.21. The van der Waals surface area contributed by atoms with E-state index in [9.17, 15) is 9.59 Å². The molecule has 0 bridgehead atoms. The van der Waals surface area contributed by atoms with Gasteiger partial charge in [0.05, 0.1) is 3.79 Å². The molecule has 27 heavy (non-hydrogen) atoms. The van der Waals surface area contributed by atoms with Crippen molar-refractivity contribution in [2.24, 2.45) is 0 Å². The molecule has 0 saturated carbocycles. The number of thiophene rings is 1. The minimum atomic E-state index is -0.0295. The van der Waals surface area contributed by atoms with Crippen LogP contribution in [0.25, 0.3) is 0 Å².